The average Bonchev–Trinajstić information content (AvgIpc) is 2.35. The number of ether oxygens (including phenoxy) is 1. The number of nitrogens with two attached hydrogens (primary N) is 1. The van der Waals surface area contributed by atoms with Gasteiger partial charge in [-0.1, -0.05) is 17.7 Å². The van der Waals surface area contributed by atoms with Gasteiger partial charge >= 0.3 is 6.09 Å². The largest absolute Gasteiger partial charge is 0.417 e. The summed E-state index contributed by atoms with van der Waals surface area (Å²) in [5.74, 6) is 0.508. The number of nitrogen functional groups attached to an aromatic ring is 1. The first kappa shape index (κ1) is 12.0. The number of benzene rings is 2. The summed E-state index contributed by atoms with van der Waals surface area (Å²) >= 11 is 0. The van der Waals surface area contributed by atoms with Gasteiger partial charge in [0.1, 0.15) is 5.75 Å². The maximum atomic E-state index is 11.6. The Morgan fingerprint density at radius 2 is 1.67 bits per heavy atom. The second kappa shape index (κ2) is 5.23. The van der Waals surface area contributed by atoms with E-state index in [2.05, 4.69) is 5.32 Å². The molecule has 0 fully saturated rings. The zero-order valence-electron chi connectivity index (χ0n) is 10.0. The molecule has 0 heterocycles. The zero-order chi connectivity index (χ0) is 13.0. The fourth-order valence-corrected chi connectivity index (χ4v) is 1.42. The fourth-order valence-electron chi connectivity index (χ4n) is 1.42. The maximum Gasteiger partial charge on any atom is 0.417 e. The van der Waals surface area contributed by atoms with E-state index in [-0.39, 0.29) is 0 Å². The third-order valence-electron chi connectivity index (χ3n) is 2.39. The Kier molecular flexibility index (Phi) is 3.48. The van der Waals surface area contributed by atoms with Gasteiger partial charge in [-0.15, -0.1) is 0 Å². The topological polar surface area (TPSA) is 64.3 Å². The molecule has 3 N–H and O–H groups in total. The summed E-state index contributed by atoms with van der Waals surface area (Å²) in [5, 5.41) is 2.62. The number of aryl methyl sites for hydroxylation is 1. The van der Waals surface area contributed by atoms with Crippen molar-refractivity contribution in [1.29, 1.82) is 0 Å². The summed E-state index contributed by atoms with van der Waals surface area (Å²) in [5.41, 5.74) is 7.95. The molecule has 4 heteroatoms. The second-order valence-electron chi connectivity index (χ2n) is 3.95. The molecule has 0 aliphatic carbocycles. The quantitative estimate of drug-likeness (QED) is 0.795. The number of anilines is 2. The zero-order valence-corrected chi connectivity index (χ0v) is 10.0. The molecule has 2 aromatic carbocycles. The summed E-state index contributed by atoms with van der Waals surface area (Å²) in [7, 11) is 0. The van der Waals surface area contributed by atoms with Crippen molar-refractivity contribution in [2.75, 3.05) is 11.1 Å². The van der Waals surface area contributed by atoms with Crippen molar-refractivity contribution in [3.05, 3.63) is 54.1 Å². The molecule has 0 aliphatic heterocycles. The lowest BCUT2D eigenvalue weighted by molar-refractivity contribution is 0.215. The van der Waals surface area contributed by atoms with Crippen LogP contribution in [0.2, 0.25) is 0 Å². The SMILES string of the molecule is Cc1ccc(OC(=O)Nc2ccc(N)cc2)cc1. The first-order chi connectivity index (χ1) is 8.63. The predicted molar refractivity (Wildman–Crippen MR) is 71.7 cm³/mol. The average molecular weight is 242 g/mol. The lowest BCUT2D eigenvalue weighted by Gasteiger charge is -2.06. The van der Waals surface area contributed by atoms with Crippen LogP contribution in [0.4, 0.5) is 16.2 Å². The summed E-state index contributed by atoms with van der Waals surface area (Å²) < 4.78 is 5.12. The highest BCUT2D eigenvalue weighted by Crippen LogP contribution is 2.14. The highest BCUT2D eigenvalue weighted by atomic mass is 16.6. The van der Waals surface area contributed by atoms with Crippen molar-refractivity contribution in [3.63, 3.8) is 0 Å². The number of nitrogens with one attached hydrogen (secondary N) is 1. The number of carbonyl (C=O) groups excluding carboxylic acids is 1. The van der Waals surface area contributed by atoms with Gasteiger partial charge in [-0.05, 0) is 43.3 Å². The molecule has 0 atom stereocenters. The Morgan fingerprint density at radius 3 is 2.28 bits per heavy atom. The highest BCUT2D eigenvalue weighted by molar-refractivity contribution is 5.86. The van der Waals surface area contributed by atoms with E-state index in [1.165, 1.54) is 0 Å². The van der Waals surface area contributed by atoms with E-state index in [1.807, 2.05) is 19.1 Å². The Balaban J connectivity index is 1.96. The molecule has 2 rings (SSSR count). The van der Waals surface area contributed by atoms with Gasteiger partial charge in [0.2, 0.25) is 0 Å². The number of hydrogen-bond donors (Lipinski definition) is 2. The predicted octanol–water partition coefficient (Wildman–Crippen LogP) is 3.19. The van der Waals surface area contributed by atoms with E-state index in [4.69, 9.17) is 10.5 Å². The second-order valence-corrected chi connectivity index (χ2v) is 3.95. The Bertz CT molecular complexity index is 483. The van der Waals surface area contributed by atoms with Crippen LogP contribution in [-0.2, 0) is 0 Å². The van der Waals surface area contributed by atoms with Crippen LogP contribution in [0.3, 0.4) is 0 Å². The van der Waals surface area contributed by atoms with Crippen molar-refractivity contribution in [3.8, 4) is 5.75 Å². The Morgan fingerprint density at radius 1 is 1.06 bits per heavy atom. The molecule has 0 bridgehead atoms. The third kappa shape index (κ3) is 3.25. The van der Waals surface area contributed by atoms with Crippen LogP contribution < -0.4 is 15.8 Å². The Labute approximate surface area is 105 Å². The fraction of sp³-hybridized carbons (Fsp3) is 0.0714. The molecule has 0 radical (unpaired) electrons. The van der Waals surface area contributed by atoms with Gasteiger partial charge in [0.25, 0.3) is 0 Å². The van der Waals surface area contributed by atoms with Crippen LogP contribution in [0.1, 0.15) is 5.56 Å². The van der Waals surface area contributed by atoms with E-state index < -0.39 is 6.09 Å². The molecule has 2 aromatic rings. The molecule has 1 amide bonds. The molecule has 0 aromatic heterocycles. The lowest BCUT2D eigenvalue weighted by Crippen LogP contribution is -2.16. The van der Waals surface area contributed by atoms with Crippen molar-refractivity contribution in [1.82, 2.24) is 0 Å². The van der Waals surface area contributed by atoms with E-state index in [9.17, 15) is 4.79 Å². The molecular formula is C14H14N2O2. The molecule has 0 spiro atoms. The summed E-state index contributed by atoms with van der Waals surface area (Å²) in [6.07, 6.45) is -0.524. The smallest absolute Gasteiger partial charge is 0.410 e. The standard InChI is InChI=1S/C14H14N2O2/c1-10-2-8-13(9-3-10)18-14(17)16-12-6-4-11(15)5-7-12/h2-9H,15H2,1H3,(H,16,17). The van der Waals surface area contributed by atoms with E-state index in [0.717, 1.165) is 5.56 Å². The van der Waals surface area contributed by atoms with E-state index >= 15 is 0 Å². The lowest BCUT2D eigenvalue weighted by atomic mass is 10.2. The van der Waals surface area contributed by atoms with Crippen LogP contribution >= 0.6 is 0 Å². The number of carbonyl (C=O) groups is 1. The minimum absolute atomic E-state index is 0.508. The van der Waals surface area contributed by atoms with Gasteiger partial charge < -0.3 is 10.5 Å². The van der Waals surface area contributed by atoms with Crippen molar-refractivity contribution < 1.29 is 9.53 Å². The van der Waals surface area contributed by atoms with Gasteiger partial charge in [0, 0.05) is 11.4 Å². The van der Waals surface area contributed by atoms with Gasteiger partial charge in [-0.2, -0.15) is 0 Å². The molecule has 18 heavy (non-hydrogen) atoms. The molecule has 0 aliphatic rings. The van der Waals surface area contributed by atoms with E-state index in [1.54, 1.807) is 36.4 Å². The molecule has 0 unspecified atom stereocenters. The first-order valence-corrected chi connectivity index (χ1v) is 5.54. The van der Waals surface area contributed by atoms with Crippen molar-refractivity contribution in [2.45, 2.75) is 6.92 Å². The molecule has 0 saturated carbocycles. The summed E-state index contributed by atoms with van der Waals surface area (Å²) in [4.78, 5) is 11.6. The minimum Gasteiger partial charge on any atom is -0.410 e. The minimum atomic E-state index is -0.524. The number of rotatable bonds is 2. The van der Waals surface area contributed by atoms with Crippen LogP contribution in [0.15, 0.2) is 48.5 Å². The molecule has 4 nitrogen and oxygen atoms in total. The van der Waals surface area contributed by atoms with Crippen LogP contribution in [0.25, 0.3) is 0 Å². The first-order valence-electron chi connectivity index (χ1n) is 5.54. The van der Waals surface area contributed by atoms with Crippen LogP contribution in [0.5, 0.6) is 5.75 Å². The van der Waals surface area contributed by atoms with Crippen LogP contribution in [-0.4, -0.2) is 6.09 Å². The monoisotopic (exact) mass is 242 g/mol. The molecule has 0 saturated heterocycles. The van der Waals surface area contributed by atoms with E-state index in [0.29, 0.717) is 17.1 Å². The number of hydrogen-bond acceptors (Lipinski definition) is 3. The molecule has 92 valence electrons. The summed E-state index contributed by atoms with van der Waals surface area (Å²) in [6, 6.07) is 14.1. The summed E-state index contributed by atoms with van der Waals surface area (Å²) in [6.45, 7) is 1.97. The maximum absolute atomic E-state index is 11.6. The highest BCUT2D eigenvalue weighted by Gasteiger charge is 2.04. The van der Waals surface area contributed by atoms with Gasteiger partial charge in [-0.25, -0.2) is 4.79 Å². The Hall–Kier alpha value is -2.49. The normalized spacial score (nSPS) is 9.83. The van der Waals surface area contributed by atoms with Crippen molar-refractivity contribution >= 4 is 17.5 Å². The van der Waals surface area contributed by atoms with Crippen LogP contribution in [0, 0.1) is 6.92 Å². The van der Waals surface area contributed by atoms with Gasteiger partial charge in [0.05, 0.1) is 0 Å². The van der Waals surface area contributed by atoms with Gasteiger partial charge in [0.15, 0.2) is 0 Å². The van der Waals surface area contributed by atoms with Gasteiger partial charge in [-0.3, -0.25) is 5.32 Å². The number of amides is 1. The molecular weight excluding hydrogens is 228 g/mol. The third-order valence-corrected chi connectivity index (χ3v) is 2.39. The van der Waals surface area contributed by atoms with Crippen molar-refractivity contribution in [2.24, 2.45) is 0 Å².